The summed E-state index contributed by atoms with van der Waals surface area (Å²) in [6, 6.07) is 21.6. The van der Waals surface area contributed by atoms with Gasteiger partial charge in [-0.2, -0.15) is 4.31 Å². The van der Waals surface area contributed by atoms with Gasteiger partial charge >= 0.3 is 0 Å². The van der Waals surface area contributed by atoms with Crippen molar-refractivity contribution in [3.05, 3.63) is 101 Å². The van der Waals surface area contributed by atoms with Gasteiger partial charge in [-0.1, -0.05) is 54.6 Å². The summed E-state index contributed by atoms with van der Waals surface area (Å²) in [5.74, 6) is -0.852. The van der Waals surface area contributed by atoms with Gasteiger partial charge in [0.2, 0.25) is 21.8 Å². The minimum Gasteiger partial charge on any atom is -0.354 e. The molecule has 0 unspecified atom stereocenters. The first-order chi connectivity index (χ1) is 19.2. The maximum Gasteiger partial charge on any atom is 0.243 e. The molecule has 7 nitrogen and oxygen atoms in total. The molecule has 1 fully saturated rings. The highest BCUT2D eigenvalue weighted by Crippen LogP contribution is 2.22. The van der Waals surface area contributed by atoms with E-state index in [9.17, 15) is 22.4 Å². The van der Waals surface area contributed by atoms with Gasteiger partial charge in [-0.25, -0.2) is 12.8 Å². The molecule has 1 aliphatic heterocycles. The van der Waals surface area contributed by atoms with Gasteiger partial charge in [-0.15, -0.1) is 0 Å². The average Bonchev–Trinajstić information content (AvgIpc) is 3.52. The van der Waals surface area contributed by atoms with E-state index in [0.29, 0.717) is 32.5 Å². The van der Waals surface area contributed by atoms with Crippen molar-refractivity contribution >= 4 is 21.8 Å². The maximum absolute atomic E-state index is 13.5. The molecule has 3 aromatic rings. The fraction of sp³-hybridized carbons (Fsp3) is 0.355. The average molecular weight is 566 g/mol. The predicted octanol–water partition coefficient (Wildman–Crippen LogP) is 4.32. The number of hydrogen-bond acceptors (Lipinski definition) is 4. The molecule has 0 spiro atoms. The quantitative estimate of drug-likeness (QED) is 0.355. The van der Waals surface area contributed by atoms with Crippen LogP contribution >= 0.6 is 0 Å². The second-order valence-electron chi connectivity index (χ2n) is 10.1. The van der Waals surface area contributed by atoms with Crippen LogP contribution in [0.3, 0.4) is 0 Å². The second kappa shape index (κ2) is 13.7. The third kappa shape index (κ3) is 7.76. The smallest absolute Gasteiger partial charge is 0.243 e. The van der Waals surface area contributed by atoms with Gasteiger partial charge in [0.05, 0.1) is 4.90 Å². The van der Waals surface area contributed by atoms with E-state index >= 15 is 0 Å². The van der Waals surface area contributed by atoms with Crippen molar-refractivity contribution in [2.75, 3.05) is 19.6 Å². The minimum atomic E-state index is -3.50. The number of rotatable bonds is 12. The number of halogens is 1. The van der Waals surface area contributed by atoms with Gasteiger partial charge in [0.1, 0.15) is 11.9 Å². The van der Waals surface area contributed by atoms with Crippen molar-refractivity contribution < 1.29 is 22.4 Å². The zero-order valence-corrected chi connectivity index (χ0v) is 23.6. The molecule has 3 aromatic carbocycles. The normalized spacial score (nSPS) is 14.6. The summed E-state index contributed by atoms with van der Waals surface area (Å²) >= 11 is 0. The van der Waals surface area contributed by atoms with Gasteiger partial charge in [0.15, 0.2) is 0 Å². The van der Waals surface area contributed by atoms with Crippen LogP contribution in [0.2, 0.25) is 0 Å². The predicted molar refractivity (Wildman–Crippen MR) is 152 cm³/mol. The van der Waals surface area contributed by atoms with E-state index in [4.69, 9.17) is 0 Å². The van der Waals surface area contributed by atoms with E-state index in [1.807, 2.05) is 30.3 Å². The van der Waals surface area contributed by atoms with E-state index in [-0.39, 0.29) is 35.5 Å². The van der Waals surface area contributed by atoms with Crippen molar-refractivity contribution in [2.45, 2.75) is 56.5 Å². The third-order valence-corrected chi connectivity index (χ3v) is 9.16. The zero-order chi connectivity index (χ0) is 28.5. The Hall–Kier alpha value is -3.56. The van der Waals surface area contributed by atoms with E-state index in [1.54, 1.807) is 43.3 Å². The Morgan fingerprint density at radius 2 is 1.48 bits per heavy atom. The largest absolute Gasteiger partial charge is 0.354 e. The van der Waals surface area contributed by atoms with Gasteiger partial charge in [-0.05, 0) is 73.6 Å². The number of nitrogens with zero attached hydrogens (tertiary/aromatic N) is 2. The van der Waals surface area contributed by atoms with Gasteiger partial charge in [0, 0.05) is 32.6 Å². The summed E-state index contributed by atoms with van der Waals surface area (Å²) in [7, 11) is -3.50. The fourth-order valence-corrected chi connectivity index (χ4v) is 6.31. The Morgan fingerprint density at radius 3 is 2.12 bits per heavy atom. The molecule has 40 heavy (non-hydrogen) atoms. The topological polar surface area (TPSA) is 86.8 Å². The molecule has 2 amide bonds. The van der Waals surface area contributed by atoms with Crippen LogP contribution in [0.25, 0.3) is 0 Å². The van der Waals surface area contributed by atoms with Crippen LogP contribution in [-0.2, 0) is 39.0 Å². The second-order valence-corrected chi connectivity index (χ2v) is 12.0. The first-order valence-electron chi connectivity index (χ1n) is 13.7. The van der Waals surface area contributed by atoms with Crippen LogP contribution in [-0.4, -0.2) is 55.1 Å². The van der Waals surface area contributed by atoms with E-state index in [1.165, 1.54) is 21.3 Å². The summed E-state index contributed by atoms with van der Waals surface area (Å²) in [5, 5.41) is 2.92. The Bertz CT molecular complexity index is 1370. The number of aryl methyl sites for hydroxylation is 1. The number of hydrogen-bond donors (Lipinski definition) is 1. The van der Waals surface area contributed by atoms with Crippen molar-refractivity contribution in [1.82, 2.24) is 14.5 Å². The first-order valence-corrected chi connectivity index (χ1v) is 15.1. The molecule has 1 saturated heterocycles. The third-order valence-electron chi connectivity index (χ3n) is 7.24. The molecule has 0 bridgehead atoms. The summed E-state index contributed by atoms with van der Waals surface area (Å²) in [6.07, 6.45) is 2.95. The van der Waals surface area contributed by atoms with Crippen molar-refractivity contribution in [2.24, 2.45) is 0 Å². The fourth-order valence-electron chi connectivity index (χ4n) is 4.79. The van der Waals surface area contributed by atoms with Crippen molar-refractivity contribution in [1.29, 1.82) is 0 Å². The lowest BCUT2D eigenvalue weighted by Gasteiger charge is -2.29. The maximum atomic E-state index is 13.5. The Labute approximate surface area is 236 Å². The molecule has 1 N–H and O–H groups in total. The van der Waals surface area contributed by atoms with Crippen LogP contribution in [0.15, 0.2) is 83.8 Å². The molecule has 9 heteroatoms. The number of benzene rings is 3. The molecule has 4 rings (SSSR count). The summed E-state index contributed by atoms with van der Waals surface area (Å²) in [4.78, 5) is 28.2. The van der Waals surface area contributed by atoms with Gasteiger partial charge in [0.25, 0.3) is 0 Å². The van der Waals surface area contributed by atoms with Crippen LogP contribution in [0.5, 0.6) is 0 Å². The number of nitrogens with one attached hydrogen (secondary N) is 1. The molecule has 0 aliphatic carbocycles. The molecule has 1 atom stereocenters. The molecule has 0 aromatic heterocycles. The molecule has 0 radical (unpaired) electrons. The Balaban J connectivity index is 1.39. The highest BCUT2D eigenvalue weighted by molar-refractivity contribution is 7.89. The monoisotopic (exact) mass is 565 g/mol. The minimum absolute atomic E-state index is 0.140. The highest BCUT2D eigenvalue weighted by Gasteiger charge is 2.28. The van der Waals surface area contributed by atoms with E-state index < -0.39 is 16.1 Å². The number of carbonyl (C=O) groups excluding carboxylic acids is 2. The van der Waals surface area contributed by atoms with Crippen LogP contribution in [0.1, 0.15) is 42.9 Å². The number of carbonyl (C=O) groups is 2. The lowest BCUT2D eigenvalue weighted by atomic mass is 10.1. The van der Waals surface area contributed by atoms with E-state index in [2.05, 4.69) is 5.32 Å². The Kier molecular flexibility index (Phi) is 10.1. The lowest BCUT2D eigenvalue weighted by molar-refractivity contribution is -0.140. The standard InChI is InChI=1S/C31H36FN3O4S/c1-24(31(37)33-20-19-25-7-3-2-4-8-25)35(23-27-9-14-28(32)15-10-27)30(36)18-13-26-11-16-29(17-12-26)40(38,39)34-21-5-6-22-34/h2-4,7-12,14-17,24H,5-6,13,18-23H2,1H3,(H,33,37)/t24-/m0/s1. The summed E-state index contributed by atoms with van der Waals surface area (Å²) < 4.78 is 40.6. The molecule has 1 aliphatic rings. The molecule has 0 saturated carbocycles. The zero-order valence-electron chi connectivity index (χ0n) is 22.8. The van der Waals surface area contributed by atoms with Crippen LogP contribution < -0.4 is 5.32 Å². The number of sulfonamides is 1. The van der Waals surface area contributed by atoms with Crippen molar-refractivity contribution in [3.63, 3.8) is 0 Å². The molecular weight excluding hydrogens is 529 g/mol. The lowest BCUT2D eigenvalue weighted by Crippen LogP contribution is -2.48. The van der Waals surface area contributed by atoms with Crippen LogP contribution in [0.4, 0.5) is 4.39 Å². The highest BCUT2D eigenvalue weighted by atomic mass is 32.2. The van der Waals surface area contributed by atoms with Crippen molar-refractivity contribution in [3.8, 4) is 0 Å². The molecular formula is C31H36FN3O4S. The molecule has 212 valence electrons. The molecule has 1 heterocycles. The summed E-state index contributed by atoms with van der Waals surface area (Å²) in [6.45, 7) is 3.39. The van der Waals surface area contributed by atoms with Gasteiger partial charge in [-0.3, -0.25) is 9.59 Å². The summed E-state index contributed by atoms with van der Waals surface area (Å²) in [5.41, 5.74) is 2.65. The van der Waals surface area contributed by atoms with E-state index in [0.717, 1.165) is 29.5 Å². The van der Waals surface area contributed by atoms with Crippen LogP contribution in [0, 0.1) is 5.82 Å². The Morgan fingerprint density at radius 1 is 0.875 bits per heavy atom. The van der Waals surface area contributed by atoms with Gasteiger partial charge < -0.3 is 10.2 Å². The number of amides is 2. The first kappa shape index (κ1) is 29.4. The SMILES string of the molecule is C[C@@H](C(=O)NCCc1ccccc1)N(Cc1ccc(F)cc1)C(=O)CCc1ccc(S(=O)(=O)N2CCCC2)cc1.